The van der Waals surface area contributed by atoms with Crippen LogP contribution in [0, 0.1) is 12.7 Å². The molecule has 2 aromatic carbocycles. The van der Waals surface area contributed by atoms with E-state index in [0.29, 0.717) is 5.56 Å². The van der Waals surface area contributed by atoms with Crippen molar-refractivity contribution in [3.63, 3.8) is 0 Å². The highest BCUT2D eigenvalue weighted by Gasteiger charge is 2.11. The predicted octanol–water partition coefficient (Wildman–Crippen LogP) is 3.94. The van der Waals surface area contributed by atoms with E-state index in [0.717, 1.165) is 11.3 Å². The molecule has 0 atom stereocenters. The minimum Gasteiger partial charge on any atom is -0.290 e. The number of halogens is 2. The van der Waals surface area contributed by atoms with Crippen LogP contribution < -0.4 is 4.57 Å². The maximum absolute atomic E-state index is 12.9. The van der Waals surface area contributed by atoms with Crippen LogP contribution in [0.1, 0.15) is 15.9 Å². The second kappa shape index (κ2) is 7.93. The van der Waals surface area contributed by atoms with Gasteiger partial charge in [-0.05, 0) is 36.2 Å². The van der Waals surface area contributed by atoms with E-state index < -0.39 is 0 Å². The molecule has 0 unspecified atom stereocenters. The van der Waals surface area contributed by atoms with E-state index in [1.54, 1.807) is 10.9 Å². The van der Waals surface area contributed by atoms with Crippen LogP contribution in [0.2, 0.25) is 0 Å². The summed E-state index contributed by atoms with van der Waals surface area (Å²) in [5.74, 6) is -0.432. The van der Waals surface area contributed by atoms with E-state index in [9.17, 15) is 9.18 Å². The van der Waals surface area contributed by atoms with Crippen molar-refractivity contribution >= 4 is 22.8 Å². The lowest BCUT2D eigenvalue weighted by molar-refractivity contribution is -0.686. The standard InChI is InChI=1S/C19H16FN2O.BrH/c1-14-2-4-15(5-3-14)18-10-11-22(13-21-18)12-19(23)16-6-8-17(20)9-7-16;/h2-11,13H,12H2,1H3;1H/q+1;. The van der Waals surface area contributed by atoms with Gasteiger partial charge in [0.15, 0.2) is 12.2 Å². The molecule has 0 aliphatic rings. The molecule has 0 bridgehead atoms. The fourth-order valence-corrected chi connectivity index (χ4v) is 2.27. The summed E-state index contributed by atoms with van der Waals surface area (Å²) in [6.07, 6.45) is 3.46. The van der Waals surface area contributed by atoms with Crippen LogP contribution in [-0.2, 0) is 6.54 Å². The molecule has 24 heavy (non-hydrogen) atoms. The molecule has 0 aliphatic heterocycles. The molecule has 0 saturated carbocycles. The highest BCUT2D eigenvalue weighted by atomic mass is 79.9. The van der Waals surface area contributed by atoms with Crippen LogP contribution in [0.25, 0.3) is 11.3 Å². The van der Waals surface area contributed by atoms with Gasteiger partial charge in [-0.1, -0.05) is 29.8 Å². The highest BCUT2D eigenvalue weighted by Crippen LogP contribution is 2.15. The average Bonchev–Trinajstić information content (AvgIpc) is 2.57. The molecular weight excluding hydrogens is 371 g/mol. The van der Waals surface area contributed by atoms with Gasteiger partial charge in [0.2, 0.25) is 5.78 Å². The molecular formula is C19H17BrFN2O+. The maximum Gasteiger partial charge on any atom is 0.287 e. The van der Waals surface area contributed by atoms with Gasteiger partial charge in [0.25, 0.3) is 6.33 Å². The third-order valence-corrected chi connectivity index (χ3v) is 3.61. The number of aromatic nitrogens is 2. The molecule has 0 saturated heterocycles. The van der Waals surface area contributed by atoms with Crippen molar-refractivity contribution in [3.05, 3.63) is 84.1 Å². The predicted molar refractivity (Wildman–Crippen MR) is 95.7 cm³/mol. The Morgan fingerprint density at radius 1 is 1.04 bits per heavy atom. The summed E-state index contributed by atoms with van der Waals surface area (Å²) in [6, 6.07) is 15.6. The summed E-state index contributed by atoms with van der Waals surface area (Å²) in [7, 11) is 0. The molecule has 3 aromatic rings. The van der Waals surface area contributed by atoms with E-state index in [4.69, 9.17) is 0 Å². The number of ketones is 1. The Labute approximate surface area is 150 Å². The van der Waals surface area contributed by atoms with Crippen molar-refractivity contribution in [3.8, 4) is 11.3 Å². The van der Waals surface area contributed by atoms with E-state index in [1.807, 2.05) is 43.5 Å². The summed E-state index contributed by atoms with van der Waals surface area (Å²) in [5, 5.41) is 0. The molecule has 0 fully saturated rings. The lowest BCUT2D eigenvalue weighted by atomic mass is 10.1. The molecule has 0 aliphatic carbocycles. The summed E-state index contributed by atoms with van der Waals surface area (Å²) in [4.78, 5) is 16.5. The number of nitrogens with zero attached hydrogens (tertiary/aromatic N) is 2. The molecule has 0 spiro atoms. The molecule has 122 valence electrons. The average molecular weight is 388 g/mol. The quantitative estimate of drug-likeness (QED) is 0.501. The van der Waals surface area contributed by atoms with Gasteiger partial charge < -0.3 is 0 Å². The molecule has 0 amide bonds. The number of carbonyl (C=O) groups excluding carboxylic acids is 1. The lowest BCUT2D eigenvalue weighted by Crippen LogP contribution is -2.37. The van der Waals surface area contributed by atoms with Crippen LogP contribution in [0.5, 0.6) is 0 Å². The second-order valence-electron chi connectivity index (χ2n) is 5.41. The molecule has 3 nitrogen and oxygen atoms in total. The first-order valence-corrected chi connectivity index (χ1v) is 7.33. The van der Waals surface area contributed by atoms with Gasteiger partial charge in [0.1, 0.15) is 5.82 Å². The molecule has 1 heterocycles. The van der Waals surface area contributed by atoms with Gasteiger partial charge in [-0.2, -0.15) is 0 Å². The van der Waals surface area contributed by atoms with Crippen molar-refractivity contribution in [1.82, 2.24) is 4.98 Å². The molecule has 5 heteroatoms. The number of benzene rings is 2. The second-order valence-corrected chi connectivity index (χ2v) is 5.41. The zero-order valence-electron chi connectivity index (χ0n) is 13.1. The Morgan fingerprint density at radius 2 is 1.71 bits per heavy atom. The number of carbonyl (C=O) groups is 1. The Bertz CT molecular complexity index is 815. The summed E-state index contributed by atoms with van der Waals surface area (Å²) in [5.41, 5.74) is 3.58. The molecule has 0 radical (unpaired) electrons. The third kappa shape index (κ3) is 4.32. The van der Waals surface area contributed by atoms with E-state index in [2.05, 4.69) is 4.98 Å². The zero-order chi connectivity index (χ0) is 16.2. The maximum atomic E-state index is 12.9. The Morgan fingerprint density at radius 3 is 2.29 bits per heavy atom. The smallest absolute Gasteiger partial charge is 0.287 e. The lowest BCUT2D eigenvalue weighted by Gasteiger charge is -2.01. The molecule has 3 rings (SSSR count). The first-order valence-electron chi connectivity index (χ1n) is 7.33. The van der Waals surface area contributed by atoms with Crippen molar-refractivity contribution in [2.24, 2.45) is 0 Å². The normalized spacial score (nSPS) is 10.1. The minimum atomic E-state index is -0.349. The topological polar surface area (TPSA) is 33.8 Å². The van der Waals surface area contributed by atoms with Crippen molar-refractivity contribution in [1.29, 1.82) is 0 Å². The number of hydrogen-bond acceptors (Lipinski definition) is 2. The Balaban J connectivity index is 0.00000208. The van der Waals surface area contributed by atoms with Gasteiger partial charge in [-0.3, -0.25) is 4.79 Å². The first kappa shape index (κ1) is 17.9. The number of rotatable bonds is 4. The Hall–Kier alpha value is -2.40. The van der Waals surface area contributed by atoms with Crippen LogP contribution in [0.15, 0.2) is 67.1 Å². The number of hydrogen-bond donors (Lipinski definition) is 0. The summed E-state index contributed by atoms with van der Waals surface area (Å²) >= 11 is 0. The van der Waals surface area contributed by atoms with Gasteiger partial charge in [0.05, 0.1) is 6.20 Å². The van der Waals surface area contributed by atoms with E-state index in [-0.39, 0.29) is 35.1 Å². The molecule has 1 aromatic heterocycles. The van der Waals surface area contributed by atoms with Crippen LogP contribution in [-0.4, -0.2) is 10.8 Å². The van der Waals surface area contributed by atoms with Gasteiger partial charge in [-0.25, -0.2) is 8.96 Å². The summed E-state index contributed by atoms with van der Waals surface area (Å²) < 4.78 is 14.6. The number of Topliss-reactive ketones (excluding diaryl/α,β-unsaturated/α-hetero) is 1. The first-order chi connectivity index (χ1) is 11.1. The Kier molecular flexibility index (Phi) is 5.93. The van der Waals surface area contributed by atoms with Crippen molar-refractivity contribution < 1.29 is 13.8 Å². The number of aryl methyl sites for hydroxylation is 1. The summed E-state index contributed by atoms with van der Waals surface area (Å²) in [6.45, 7) is 2.21. The monoisotopic (exact) mass is 387 g/mol. The van der Waals surface area contributed by atoms with Crippen LogP contribution in [0.3, 0.4) is 0 Å². The zero-order valence-corrected chi connectivity index (χ0v) is 14.9. The fraction of sp³-hybridized carbons (Fsp3) is 0.105. The van der Waals surface area contributed by atoms with Crippen molar-refractivity contribution in [2.45, 2.75) is 13.5 Å². The SMILES string of the molecule is Br.Cc1ccc(-c2cc[n+](CC(=O)c3ccc(F)cc3)cn2)cc1. The van der Waals surface area contributed by atoms with Gasteiger partial charge in [-0.15, -0.1) is 17.0 Å². The minimum absolute atomic E-state index is 0. The van der Waals surface area contributed by atoms with Crippen molar-refractivity contribution in [2.75, 3.05) is 0 Å². The van der Waals surface area contributed by atoms with E-state index >= 15 is 0 Å². The van der Waals surface area contributed by atoms with Gasteiger partial charge in [0, 0.05) is 17.2 Å². The van der Waals surface area contributed by atoms with Gasteiger partial charge >= 0.3 is 0 Å². The highest BCUT2D eigenvalue weighted by molar-refractivity contribution is 8.93. The van der Waals surface area contributed by atoms with Crippen LogP contribution >= 0.6 is 17.0 Å². The largest absolute Gasteiger partial charge is 0.290 e. The van der Waals surface area contributed by atoms with Crippen LogP contribution in [0.4, 0.5) is 4.39 Å². The molecule has 0 N–H and O–H groups in total. The third-order valence-electron chi connectivity index (χ3n) is 3.61. The fourth-order valence-electron chi connectivity index (χ4n) is 2.27. The van der Waals surface area contributed by atoms with E-state index in [1.165, 1.54) is 29.8 Å².